The van der Waals surface area contributed by atoms with Crippen LogP contribution in [0, 0.1) is 0 Å². The average Bonchev–Trinajstić information content (AvgIpc) is 3.07. The maximum absolute atomic E-state index is 6.13. The van der Waals surface area contributed by atoms with E-state index in [9.17, 15) is 0 Å². The van der Waals surface area contributed by atoms with Gasteiger partial charge in [-0.2, -0.15) is 0 Å². The molecular formula is C22H21Cl2N. The van der Waals surface area contributed by atoms with Crippen molar-refractivity contribution in [1.82, 2.24) is 4.90 Å². The topological polar surface area (TPSA) is 3.24 Å². The lowest BCUT2D eigenvalue weighted by Crippen LogP contribution is -2.28. The summed E-state index contributed by atoms with van der Waals surface area (Å²) in [6, 6.07) is 19.7. The molecule has 0 aromatic heterocycles. The fourth-order valence-corrected chi connectivity index (χ4v) is 4.08. The van der Waals surface area contributed by atoms with Gasteiger partial charge in [-0.25, -0.2) is 0 Å². The molecule has 0 saturated carbocycles. The highest BCUT2D eigenvalue weighted by atomic mass is 35.5. The molecule has 1 nitrogen and oxygen atoms in total. The van der Waals surface area contributed by atoms with E-state index in [1.165, 1.54) is 27.5 Å². The Bertz CT molecular complexity index is 919. The standard InChI is InChI=1S/C22H21Cl2N/c1-15(6-7-16-8-11-21(23)22(24)12-16)25-13-18-10-9-17-4-2-3-5-19(17)20(18)14-25/h2-5,8-12,15H,6-7,13-14H2,1H3. The molecule has 0 fully saturated rings. The largest absolute Gasteiger partial charge is 0.292 e. The maximum atomic E-state index is 6.13. The van der Waals surface area contributed by atoms with Crippen molar-refractivity contribution in [3.05, 3.63) is 81.3 Å². The summed E-state index contributed by atoms with van der Waals surface area (Å²) < 4.78 is 0. The first-order valence-corrected chi connectivity index (χ1v) is 9.55. The van der Waals surface area contributed by atoms with Crippen molar-refractivity contribution in [2.24, 2.45) is 0 Å². The molecule has 0 bridgehead atoms. The van der Waals surface area contributed by atoms with E-state index in [0.717, 1.165) is 25.9 Å². The number of benzene rings is 3. The second kappa shape index (κ2) is 6.99. The number of nitrogens with zero attached hydrogens (tertiary/aromatic N) is 1. The first-order chi connectivity index (χ1) is 12.1. The summed E-state index contributed by atoms with van der Waals surface area (Å²) in [5.74, 6) is 0. The van der Waals surface area contributed by atoms with E-state index in [4.69, 9.17) is 23.2 Å². The SMILES string of the molecule is CC(CCc1ccc(Cl)c(Cl)c1)N1Cc2ccc3ccccc3c2C1. The second-order valence-corrected chi connectivity index (χ2v) is 7.78. The Morgan fingerprint density at radius 2 is 1.80 bits per heavy atom. The van der Waals surface area contributed by atoms with E-state index in [2.05, 4.69) is 54.3 Å². The highest BCUT2D eigenvalue weighted by Gasteiger charge is 2.24. The lowest BCUT2D eigenvalue weighted by molar-refractivity contribution is 0.203. The highest BCUT2D eigenvalue weighted by Crippen LogP contribution is 2.32. The van der Waals surface area contributed by atoms with Crippen molar-refractivity contribution in [3.63, 3.8) is 0 Å². The average molecular weight is 370 g/mol. The molecule has 0 N–H and O–H groups in total. The van der Waals surface area contributed by atoms with Gasteiger partial charge in [0.2, 0.25) is 0 Å². The molecular weight excluding hydrogens is 349 g/mol. The monoisotopic (exact) mass is 369 g/mol. The van der Waals surface area contributed by atoms with Crippen LogP contribution in [0.1, 0.15) is 30.0 Å². The fraction of sp³-hybridized carbons (Fsp3) is 0.273. The van der Waals surface area contributed by atoms with Gasteiger partial charge in [-0.1, -0.05) is 65.7 Å². The number of fused-ring (bicyclic) bond motifs is 3. The van der Waals surface area contributed by atoms with Gasteiger partial charge in [-0.05, 0) is 59.4 Å². The van der Waals surface area contributed by atoms with Crippen LogP contribution in [0.3, 0.4) is 0 Å². The minimum absolute atomic E-state index is 0.528. The molecule has 0 saturated heterocycles. The van der Waals surface area contributed by atoms with Crippen molar-refractivity contribution in [2.45, 2.75) is 38.9 Å². The summed E-state index contributed by atoms with van der Waals surface area (Å²) >= 11 is 12.1. The number of hydrogen-bond acceptors (Lipinski definition) is 1. The quantitative estimate of drug-likeness (QED) is 0.508. The molecule has 3 aromatic carbocycles. The fourth-order valence-electron chi connectivity index (χ4n) is 3.76. The minimum Gasteiger partial charge on any atom is -0.292 e. The zero-order chi connectivity index (χ0) is 17.4. The van der Waals surface area contributed by atoms with Crippen LogP contribution in [0.25, 0.3) is 10.8 Å². The Hall–Kier alpha value is -1.54. The first kappa shape index (κ1) is 16.9. The summed E-state index contributed by atoms with van der Waals surface area (Å²) in [6.07, 6.45) is 2.13. The van der Waals surface area contributed by atoms with Gasteiger partial charge in [-0.15, -0.1) is 0 Å². The van der Waals surface area contributed by atoms with Crippen LogP contribution in [0.2, 0.25) is 10.0 Å². The van der Waals surface area contributed by atoms with Gasteiger partial charge in [0.25, 0.3) is 0 Å². The van der Waals surface area contributed by atoms with Crippen LogP contribution in [-0.4, -0.2) is 10.9 Å². The third kappa shape index (κ3) is 3.42. The second-order valence-electron chi connectivity index (χ2n) is 6.97. The summed E-state index contributed by atoms with van der Waals surface area (Å²) in [4.78, 5) is 2.58. The van der Waals surface area contributed by atoms with Crippen LogP contribution < -0.4 is 0 Å². The van der Waals surface area contributed by atoms with Gasteiger partial charge >= 0.3 is 0 Å². The maximum Gasteiger partial charge on any atom is 0.0595 e. The van der Waals surface area contributed by atoms with Crippen molar-refractivity contribution >= 4 is 34.0 Å². The zero-order valence-electron chi connectivity index (χ0n) is 14.3. The Morgan fingerprint density at radius 3 is 2.64 bits per heavy atom. The molecule has 4 rings (SSSR count). The highest BCUT2D eigenvalue weighted by molar-refractivity contribution is 6.42. The van der Waals surface area contributed by atoms with Crippen LogP contribution in [0.4, 0.5) is 0 Å². The summed E-state index contributed by atoms with van der Waals surface area (Å²) in [5, 5.41) is 4.01. The van der Waals surface area contributed by atoms with E-state index in [1.807, 2.05) is 12.1 Å². The molecule has 1 aliphatic rings. The third-order valence-corrected chi connectivity index (χ3v) is 6.07. The minimum atomic E-state index is 0.528. The van der Waals surface area contributed by atoms with E-state index < -0.39 is 0 Å². The first-order valence-electron chi connectivity index (χ1n) is 8.79. The Balaban J connectivity index is 1.46. The molecule has 1 unspecified atom stereocenters. The van der Waals surface area contributed by atoms with Crippen molar-refractivity contribution in [3.8, 4) is 0 Å². The Morgan fingerprint density at radius 1 is 0.960 bits per heavy atom. The van der Waals surface area contributed by atoms with Crippen molar-refractivity contribution in [1.29, 1.82) is 0 Å². The van der Waals surface area contributed by atoms with Gasteiger partial charge in [0, 0.05) is 19.1 Å². The molecule has 0 radical (unpaired) electrons. The lowest BCUT2D eigenvalue weighted by atomic mass is 10.0. The van der Waals surface area contributed by atoms with Gasteiger partial charge in [-0.3, -0.25) is 4.90 Å². The summed E-state index contributed by atoms with van der Waals surface area (Å²) in [7, 11) is 0. The molecule has 1 atom stereocenters. The number of rotatable bonds is 4. The van der Waals surface area contributed by atoms with Crippen LogP contribution in [-0.2, 0) is 19.5 Å². The van der Waals surface area contributed by atoms with Crippen molar-refractivity contribution < 1.29 is 0 Å². The smallest absolute Gasteiger partial charge is 0.0595 e. The molecule has 0 spiro atoms. The van der Waals surface area contributed by atoms with Crippen molar-refractivity contribution in [2.75, 3.05) is 0 Å². The Labute approximate surface area is 159 Å². The number of hydrogen-bond donors (Lipinski definition) is 0. The molecule has 128 valence electrons. The van der Waals surface area contributed by atoms with Crippen LogP contribution in [0.15, 0.2) is 54.6 Å². The summed E-state index contributed by atoms with van der Waals surface area (Å²) in [6.45, 7) is 4.41. The molecule has 3 heteroatoms. The van der Waals surface area contributed by atoms with E-state index in [0.29, 0.717) is 16.1 Å². The lowest BCUT2D eigenvalue weighted by Gasteiger charge is -2.24. The van der Waals surface area contributed by atoms with Gasteiger partial charge in [0.1, 0.15) is 0 Å². The number of aryl methyl sites for hydroxylation is 1. The van der Waals surface area contributed by atoms with E-state index in [1.54, 1.807) is 0 Å². The molecule has 1 heterocycles. The predicted molar refractivity (Wildman–Crippen MR) is 107 cm³/mol. The van der Waals surface area contributed by atoms with Gasteiger partial charge in [0.05, 0.1) is 10.0 Å². The normalized spacial score (nSPS) is 15.5. The van der Waals surface area contributed by atoms with E-state index >= 15 is 0 Å². The van der Waals surface area contributed by atoms with Crippen LogP contribution in [0.5, 0.6) is 0 Å². The molecule has 0 amide bonds. The molecule has 1 aliphatic heterocycles. The zero-order valence-corrected chi connectivity index (χ0v) is 15.8. The molecule has 3 aromatic rings. The predicted octanol–water partition coefficient (Wildman–Crippen LogP) is 6.48. The molecule has 0 aliphatic carbocycles. The van der Waals surface area contributed by atoms with E-state index in [-0.39, 0.29) is 0 Å². The molecule has 25 heavy (non-hydrogen) atoms. The Kier molecular flexibility index (Phi) is 4.73. The van der Waals surface area contributed by atoms with Crippen LogP contribution >= 0.6 is 23.2 Å². The summed E-state index contributed by atoms with van der Waals surface area (Å²) in [5.41, 5.74) is 4.22. The third-order valence-electron chi connectivity index (χ3n) is 5.33. The van der Waals surface area contributed by atoms with Gasteiger partial charge in [0.15, 0.2) is 0 Å². The van der Waals surface area contributed by atoms with Gasteiger partial charge < -0.3 is 0 Å². The number of halogens is 2.